The average Bonchev–Trinajstić information content (AvgIpc) is 3.43. The molecule has 2 amide bonds. The van der Waals surface area contributed by atoms with Crippen LogP contribution in [0.2, 0.25) is 0 Å². The molecule has 1 saturated heterocycles. The van der Waals surface area contributed by atoms with E-state index in [0.717, 1.165) is 18.4 Å². The van der Waals surface area contributed by atoms with Crippen molar-refractivity contribution < 1.29 is 23.9 Å². The van der Waals surface area contributed by atoms with E-state index in [2.05, 4.69) is 9.97 Å². The van der Waals surface area contributed by atoms with Crippen molar-refractivity contribution >= 4 is 22.7 Å². The van der Waals surface area contributed by atoms with Crippen molar-refractivity contribution in [1.29, 1.82) is 0 Å². The number of hydrogen-bond acceptors (Lipinski definition) is 5. The second-order valence-electron chi connectivity index (χ2n) is 7.59. The standard InChI is InChI=1S/C22H23FN4O4/c1-26(30)22(29)19-9-17-18(10-24-20(17)11-25-19)21(28)27(13-16-3-2-8-31-16)12-14-4-6-15(23)7-5-14/h4-7,9-11,16,24,30H,2-3,8,12-13H2,1H3/t16-/m0/s1. The highest BCUT2D eigenvalue weighted by atomic mass is 19.1. The van der Waals surface area contributed by atoms with Crippen LogP contribution in [0.15, 0.2) is 42.7 Å². The highest BCUT2D eigenvalue weighted by molar-refractivity contribution is 6.08. The number of pyridine rings is 1. The maximum atomic E-state index is 13.5. The lowest BCUT2D eigenvalue weighted by Gasteiger charge is -2.25. The Bertz CT molecular complexity index is 1090. The number of ether oxygens (including phenoxy) is 1. The molecule has 31 heavy (non-hydrogen) atoms. The lowest BCUT2D eigenvalue weighted by Crippen LogP contribution is -2.37. The van der Waals surface area contributed by atoms with E-state index < -0.39 is 5.91 Å². The molecule has 1 fully saturated rings. The predicted molar refractivity (Wildman–Crippen MR) is 110 cm³/mol. The van der Waals surface area contributed by atoms with Crippen LogP contribution in [-0.4, -0.2) is 63.3 Å². The fourth-order valence-corrected chi connectivity index (χ4v) is 3.71. The summed E-state index contributed by atoms with van der Waals surface area (Å²) in [4.78, 5) is 34.3. The lowest BCUT2D eigenvalue weighted by atomic mass is 10.1. The van der Waals surface area contributed by atoms with Gasteiger partial charge < -0.3 is 14.6 Å². The van der Waals surface area contributed by atoms with Crippen molar-refractivity contribution in [2.45, 2.75) is 25.5 Å². The maximum Gasteiger partial charge on any atom is 0.295 e. The summed E-state index contributed by atoms with van der Waals surface area (Å²) in [6.07, 6.45) is 4.79. The number of rotatable bonds is 6. The van der Waals surface area contributed by atoms with E-state index in [4.69, 9.17) is 4.74 Å². The molecule has 8 nitrogen and oxygen atoms in total. The molecule has 1 aromatic carbocycles. The van der Waals surface area contributed by atoms with Gasteiger partial charge in [0.25, 0.3) is 11.8 Å². The van der Waals surface area contributed by atoms with Crippen molar-refractivity contribution in [1.82, 2.24) is 19.9 Å². The molecule has 0 saturated carbocycles. The third kappa shape index (κ3) is 4.57. The van der Waals surface area contributed by atoms with Gasteiger partial charge in [0, 0.05) is 38.3 Å². The molecule has 4 rings (SSSR count). The van der Waals surface area contributed by atoms with Gasteiger partial charge in [-0.25, -0.2) is 14.4 Å². The number of carbonyl (C=O) groups excluding carboxylic acids is 2. The smallest absolute Gasteiger partial charge is 0.295 e. The van der Waals surface area contributed by atoms with Crippen LogP contribution in [0.1, 0.15) is 39.3 Å². The van der Waals surface area contributed by atoms with Crippen LogP contribution in [0.25, 0.3) is 10.9 Å². The van der Waals surface area contributed by atoms with Gasteiger partial charge in [-0.15, -0.1) is 0 Å². The summed E-state index contributed by atoms with van der Waals surface area (Å²) < 4.78 is 19.0. The number of hydroxylamine groups is 2. The largest absolute Gasteiger partial charge is 0.376 e. The first-order chi connectivity index (χ1) is 14.9. The van der Waals surface area contributed by atoms with E-state index in [0.29, 0.717) is 41.2 Å². The zero-order chi connectivity index (χ0) is 22.0. The summed E-state index contributed by atoms with van der Waals surface area (Å²) in [7, 11) is 1.21. The van der Waals surface area contributed by atoms with Crippen molar-refractivity contribution in [3.05, 3.63) is 65.4 Å². The van der Waals surface area contributed by atoms with Crippen LogP contribution in [0.5, 0.6) is 0 Å². The minimum atomic E-state index is -0.677. The van der Waals surface area contributed by atoms with Crippen LogP contribution in [0.3, 0.4) is 0 Å². The summed E-state index contributed by atoms with van der Waals surface area (Å²) >= 11 is 0. The Morgan fingerprint density at radius 3 is 2.74 bits per heavy atom. The number of aromatic nitrogens is 2. The lowest BCUT2D eigenvalue weighted by molar-refractivity contribution is -0.0379. The molecule has 2 N–H and O–H groups in total. The normalized spacial score (nSPS) is 15.9. The Labute approximate surface area is 178 Å². The number of fused-ring (bicyclic) bond motifs is 1. The number of hydrogen-bond donors (Lipinski definition) is 2. The number of nitrogens with one attached hydrogen (secondary N) is 1. The van der Waals surface area contributed by atoms with E-state index in [-0.39, 0.29) is 23.5 Å². The molecule has 2 aromatic heterocycles. The molecule has 1 aliphatic rings. The van der Waals surface area contributed by atoms with E-state index in [1.54, 1.807) is 23.2 Å². The van der Waals surface area contributed by atoms with Gasteiger partial charge in [0.15, 0.2) is 0 Å². The summed E-state index contributed by atoms with van der Waals surface area (Å²) in [5.41, 5.74) is 1.80. The number of carbonyl (C=O) groups is 2. The molecule has 0 bridgehead atoms. The average molecular weight is 426 g/mol. The van der Waals surface area contributed by atoms with Crippen LogP contribution < -0.4 is 0 Å². The van der Waals surface area contributed by atoms with Gasteiger partial charge in [0.05, 0.1) is 23.4 Å². The summed E-state index contributed by atoms with van der Waals surface area (Å²) in [5, 5.41) is 10.4. The number of H-pyrrole nitrogens is 1. The number of nitrogens with zero attached hydrogens (tertiary/aromatic N) is 3. The molecule has 162 valence electrons. The second-order valence-corrected chi connectivity index (χ2v) is 7.59. The Hall–Kier alpha value is -3.30. The molecule has 1 aliphatic heterocycles. The molecule has 0 radical (unpaired) electrons. The zero-order valence-electron chi connectivity index (χ0n) is 17.0. The number of amides is 2. The van der Waals surface area contributed by atoms with Gasteiger partial charge in [-0.3, -0.25) is 14.8 Å². The molecule has 0 aliphatic carbocycles. The van der Waals surface area contributed by atoms with Gasteiger partial charge in [-0.05, 0) is 36.6 Å². The number of benzene rings is 1. The molecular weight excluding hydrogens is 403 g/mol. The molecule has 0 unspecified atom stereocenters. The van der Waals surface area contributed by atoms with Gasteiger partial charge >= 0.3 is 0 Å². The van der Waals surface area contributed by atoms with Crippen molar-refractivity contribution in [3.63, 3.8) is 0 Å². The molecular formula is C22H23FN4O4. The van der Waals surface area contributed by atoms with Crippen molar-refractivity contribution in [3.8, 4) is 0 Å². The monoisotopic (exact) mass is 426 g/mol. The van der Waals surface area contributed by atoms with Gasteiger partial charge in [-0.1, -0.05) is 12.1 Å². The Morgan fingerprint density at radius 1 is 1.29 bits per heavy atom. The van der Waals surface area contributed by atoms with Crippen molar-refractivity contribution in [2.24, 2.45) is 0 Å². The molecule has 3 aromatic rings. The molecule has 1 atom stereocenters. The summed E-state index contributed by atoms with van der Waals surface area (Å²) in [6.45, 7) is 1.36. The quantitative estimate of drug-likeness (QED) is 0.466. The predicted octanol–water partition coefficient (Wildman–Crippen LogP) is 2.98. The fourth-order valence-electron chi connectivity index (χ4n) is 3.71. The van der Waals surface area contributed by atoms with E-state index in [1.165, 1.54) is 31.4 Å². The second kappa shape index (κ2) is 8.83. The minimum Gasteiger partial charge on any atom is -0.376 e. The Kier molecular flexibility index (Phi) is 5.97. The third-order valence-electron chi connectivity index (χ3n) is 5.33. The fraction of sp³-hybridized carbons (Fsp3) is 0.318. The van der Waals surface area contributed by atoms with Crippen LogP contribution >= 0.6 is 0 Å². The first kappa shape index (κ1) is 21.0. The summed E-state index contributed by atoms with van der Waals surface area (Å²) in [5.74, 6) is -1.26. The molecule has 3 heterocycles. The zero-order valence-corrected chi connectivity index (χ0v) is 17.0. The number of halogens is 1. The van der Waals surface area contributed by atoms with Crippen LogP contribution in [-0.2, 0) is 11.3 Å². The van der Waals surface area contributed by atoms with E-state index in [1.807, 2.05) is 0 Å². The Morgan fingerprint density at radius 2 is 2.06 bits per heavy atom. The molecule has 9 heteroatoms. The van der Waals surface area contributed by atoms with Gasteiger partial charge in [-0.2, -0.15) is 0 Å². The van der Waals surface area contributed by atoms with Gasteiger partial charge in [0.1, 0.15) is 11.5 Å². The summed E-state index contributed by atoms with van der Waals surface area (Å²) in [6, 6.07) is 7.52. The van der Waals surface area contributed by atoms with Crippen molar-refractivity contribution in [2.75, 3.05) is 20.2 Å². The number of aromatic amines is 1. The topological polar surface area (TPSA) is 98.8 Å². The van der Waals surface area contributed by atoms with E-state index in [9.17, 15) is 19.2 Å². The van der Waals surface area contributed by atoms with Gasteiger partial charge in [0.2, 0.25) is 0 Å². The maximum absolute atomic E-state index is 13.5. The first-order valence-electron chi connectivity index (χ1n) is 10.0. The highest BCUT2D eigenvalue weighted by Gasteiger charge is 2.26. The first-order valence-corrected chi connectivity index (χ1v) is 10.0. The highest BCUT2D eigenvalue weighted by Crippen LogP contribution is 2.23. The molecule has 0 spiro atoms. The minimum absolute atomic E-state index is 0.0235. The van der Waals surface area contributed by atoms with Crippen LogP contribution in [0, 0.1) is 5.82 Å². The third-order valence-corrected chi connectivity index (χ3v) is 5.33. The Balaban J connectivity index is 1.66. The van der Waals surface area contributed by atoms with E-state index >= 15 is 0 Å². The SMILES string of the molecule is CN(O)C(=O)c1cc2c(C(=O)N(Cc3ccc(F)cc3)C[C@@H]3CCCO3)c[nH]c2cn1. The van der Waals surface area contributed by atoms with Crippen LogP contribution in [0.4, 0.5) is 4.39 Å².